The number of hydrogen-bond donors (Lipinski definition) is 0. The highest BCUT2D eigenvalue weighted by atomic mass is 16.5. The monoisotopic (exact) mass is 247 g/mol. The second-order valence-corrected chi connectivity index (χ2v) is 5.08. The van der Waals surface area contributed by atoms with Crippen LogP contribution in [0.5, 0.6) is 0 Å². The lowest BCUT2D eigenvalue weighted by atomic mass is 9.92. The predicted octanol–water partition coefficient (Wildman–Crippen LogP) is 3.82. The van der Waals surface area contributed by atoms with E-state index in [4.69, 9.17) is 4.74 Å². The molecule has 2 rings (SSSR count). The van der Waals surface area contributed by atoms with Crippen molar-refractivity contribution in [2.75, 3.05) is 31.2 Å². The maximum absolute atomic E-state index is 5.39. The Bertz CT molecular complexity index is 317. The van der Waals surface area contributed by atoms with Gasteiger partial charge in [-0.2, -0.15) is 0 Å². The standard InChI is InChI=1S/C16H25NO/c1-3-5-14(4-2)15-6-8-16(9-7-15)17-10-12-18-13-11-17/h6-9,14H,3-5,10-13H2,1-2H3. The Hall–Kier alpha value is -1.02. The molecule has 0 aliphatic carbocycles. The molecule has 0 amide bonds. The largest absolute Gasteiger partial charge is 0.378 e. The van der Waals surface area contributed by atoms with Crippen molar-refractivity contribution in [2.45, 2.75) is 39.0 Å². The van der Waals surface area contributed by atoms with E-state index in [9.17, 15) is 0 Å². The van der Waals surface area contributed by atoms with Gasteiger partial charge in [0.15, 0.2) is 0 Å². The van der Waals surface area contributed by atoms with Crippen LogP contribution in [0.3, 0.4) is 0 Å². The van der Waals surface area contributed by atoms with Crippen LogP contribution in [0.2, 0.25) is 0 Å². The summed E-state index contributed by atoms with van der Waals surface area (Å²) in [5.41, 5.74) is 2.84. The summed E-state index contributed by atoms with van der Waals surface area (Å²) in [4.78, 5) is 2.41. The topological polar surface area (TPSA) is 12.5 Å². The fourth-order valence-corrected chi connectivity index (χ4v) is 2.73. The SMILES string of the molecule is CCCC(CC)c1ccc(N2CCOCC2)cc1. The van der Waals surface area contributed by atoms with Gasteiger partial charge in [0, 0.05) is 18.8 Å². The summed E-state index contributed by atoms with van der Waals surface area (Å²) in [5.74, 6) is 0.730. The molecule has 2 nitrogen and oxygen atoms in total. The third-order valence-corrected chi connectivity index (χ3v) is 3.87. The third kappa shape index (κ3) is 3.26. The Morgan fingerprint density at radius 2 is 1.78 bits per heavy atom. The molecule has 1 aromatic rings. The van der Waals surface area contributed by atoms with E-state index in [0.29, 0.717) is 0 Å². The van der Waals surface area contributed by atoms with E-state index >= 15 is 0 Å². The molecule has 1 aromatic carbocycles. The lowest BCUT2D eigenvalue weighted by molar-refractivity contribution is 0.122. The molecule has 1 aliphatic rings. The fourth-order valence-electron chi connectivity index (χ4n) is 2.73. The molecule has 18 heavy (non-hydrogen) atoms. The van der Waals surface area contributed by atoms with Crippen LogP contribution in [0.25, 0.3) is 0 Å². The molecule has 1 aliphatic heterocycles. The van der Waals surface area contributed by atoms with Gasteiger partial charge in [0.2, 0.25) is 0 Å². The third-order valence-electron chi connectivity index (χ3n) is 3.87. The molecule has 0 radical (unpaired) electrons. The number of benzene rings is 1. The second-order valence-electron chi connectivity index (χ2n) is 5.08. The lowest BCUT2D eigenvalue weighted by Crippen LogP contribution is -2.36. The van der Waals surface area contributed by atoms with Crippen LogP contribution in [0.4, 0.5) is 5.69 Å². The first-order valence-electron chi connectivity index (χ1n) is 7.27. The van der Waals surface area contributed by atoms with Gasteiger partial charge in [-0.25, -0.2) is 0 Å². The summed E-state index contributed by atoms with van der Waals surface area (Å²) < 4.78 is 5.39. The minimum absolute atomic E-state index is 0.730. The van der Waals surface area contributed by atoms with Crippen molar-refractivity contribution in [3.63, 3.8) is 0 Å². The smallest absolute Gasteiger partial charge is 0.0642 e. The lowest BCUT2D eigenvalue weighted by Gasteiger charge is -2.29. The number of nitrogens with zero attached hydrogens (tertiary/aromatic N) is 1. The number of anilines is 1. The van der Waals surface area contributed by atoms with Crippen LogP contribution in [0.1, 0.15) is 44.6 Å². The zero-order valence-electron chi connectivity index (χ0n) is 11.7. The summed E-state index contributed by atoms with van der Waals surface area (Å²) >= 11 is 0. The quantitative estimate of drug-likeness (QED) is 0.784. The van der Waals surface area contributed by atoms with Crippen LogP contribution >= 0.6 is 0 Å². The van der Waals surface area contributed by atoms with Gasteiger partial charge < -0.3 is 9.64 Å². The first kappa shape index (κ1) is 13.4. The molecular formula is C16H25NO. The van der Waals surface area contributed by atoms with E-state index in [2.05, 4.69) is 43.0 Å². The van der Waals surface area contributed by atoms with Crippen LogP contribution in [-0.4, -0.2) is 26.3 Å². The van der Waals surface area contributed by atoms with Gasteiger partial charge in [-0.15, -0.1) is 0 Å². The van der Waals surface area contributed by atoms with E-state index in [1.54, 1.807) is 0 Å². The number of ether oxygens (including phenoxy) is 1. The molecule has 1 unspecified atom stereocenters. The number of hydrogen-bond acceptors (Lipinski definition) is 2. The first-order chi connectivity index (χ1) is 8.85. The van der Waals surface area contributed by atoms with Crippen LogP contribution in [0, 0.1) is 0 Å². The molecule has 2 heteroatoms. The van der Waals surface area contributed by atoms with Gasteiger partial charge in [0.1, 0.15) is 0 Å². The van der Waals surface area contributed by atoms with Gasteiger partial charge in [-0.05, 0) is 36.5 Å². The highest BCUT2D eigenvalue weighted by Gasteiger charge is 2.12. The van der Waals surface area contributed by atoms with Crippen LogP contribution in [0.15, 0.2) is 24.3 Å². The van der Waals surface area contributed by atoms with Gasteiger partial charge in [0.05, 0.1) is 13.2 Å². The highest BCUT2D eigenvalue weighted by molar-refractivity contribution is 5.48. The zero-order chi connectivity index (χ0) is 12.8. The van der Waals surface area contributed by atoms with E-state index in [-0.39, 0.29) is 0 Å². The Labute approximate surface area is 111 Å². The van der Waals surface area contributed by atoms with E-state index in [1.807, 2.05) is 0 Å². The maximum Gasteiger partial charge on any atom is 0.0642 e. The summed E-state index contributed by atoms with van der Waals surface area (Å²) in [5, 5.41) is 0. The van der Waals surface area contributed by atoms with Crippen molar-refractivity contribution < 1.29 is 4.74 Å². The molecular weight excluding hydrogens is 222 g/mol. The first-order valence-corrected chi connectivity index (χ1v) is 7.27. The molecule has 0 aromatic heterocycles. The Balaban J connectivity index is 2.03. The summed E-state index contributed by atoms with van der Waals surface area (Å²) in [7, 11) is 0. The van der Waals surface area contributed by atoms with Crippen LogP contribution < -0.4 is 4.90 Å². The number of morpholine rings is 1. The summed E-state index contributed by atoms with van der Waals surface area (Å²) in [6.07, 6.45) is 3.81. The molecule has 0 bridgehead atoms. The van der Waals surface area contributed by atoms with Crippen molar-refractivity contribution in [3.8, 4) is 0 Å². The normalized spacial score (nSPS) is 17.8. The Morgan fingerprint density at radius 1 is 1.11 bits per heavy atom. The molecule has 1 fully saturated rings. The molecule has 0 N–H and O–H groups in total. The molecule has 1 saturated heterocycles. The van der Waals surface area contributed by atoms with E-state index < -0.39 is 0 Å². The Kier molecular flexibility index (Phi) is 5.06. The van der Waals surface area contributed by atoms with E-state index in [0.717, 1.165) is 32.2 Å². The fraction of sp³-hybridized carbons (Fsp3) is 0.625. The zero-order valence-corrected chi connectivity index (χ0v) is 11.7. The average Bonchev–Trinajstić information content (AvgIpc) is 2.46. The van der Waals surface area contributed by atoms with E-state index in [1.165, 1.54) is 30.5 Å². The molecule has 1 heterocycles. The highest BCUT2D eigenvalue weighted by Crippen LogP contribution is 2.26. The Morgan fingerprint density at radius 3 is 2.33 bits per heavy atom. The average molecular weight is 247 g/mol. The maximum atomic E-state index is 5.39. The minimum atomic E-state index is 0.730. The van der Waals surface area contributed by atoms with Gasteiger partial charge in [0.25, 0.3) is 0 Å². The van der Waals surface area contributed by atoms with Crippen molar-refractivity contribution >= 4 is 5.69 Å². The van der Waals surface area contributed by atoms with Crippen molar-refractivity contribution in [1.29, 1.82) is 0 Å². The van der Waals surface area contributed by atoms with Crippen molar-refractivity contribution in [2.24, 2.45) is 0 Å². The van der Waals surface area contributed by atoms with Gasteiger partial charge in [-0.1, -0.05) is 32.4 Å². The molecule has 0 spiro atoms. The number of rotatable bonds is 5. The van der Waals surface area contributed by atoms with Crippen molar-refractivity contribution in [1.82, 2.24) is 0 Å². The molecule has 0 saturated carbocycles. The van der Waals surface area contributed by atoms with Gasteiger partial charge in [-0.3, -0.25) is 0 Å². The van der Waals surface area contributed by atoms with Crippen molar-refractivity contribution in [3.05, 3.63) is 29.8 Å². The molecule has 1 atom stereocenters. The molecule has 100 valence electrons. The summed E-state index contributed by atoms with van der Waals surface area (Å²) in [6, 6.07) is 9.18. The van der Waals surface area contributed by atoms with Crippen LogP contribution in [-0.2, 0) is 4.74 Å². The predicted molar refractivity (Wildman–Crippen MR) is 77.4 cm³/mol. The summed E-state index contributed by atoms with van der Waals surface area (Å²) in [6.45, 7) is 8.31. The second kappa shape index (κ2) is 6.79. The van der Waals surface area contributed by atoms with Gasteiger partial charge >= 0.3 is 0 Å². The minimum Gasteiger partial charge on any atom is -0.378 e.